The molecule has 0 amide bonds. The molecule has 10 aromatic rings. The number of fused-ring (bicyclic) bond motifs is 5. The minimum atomic E-state index is -0.488. The van der Waals surface area contributed by atoms with Gasteiger partial charge in [0.25, 0.3) is 0 Å². The lowest BCUT2D eigenvalue weighted by Crippen LogP contribution is -2.28. The molecule has 1 heterocycles. The van der Waals surface area contributed by atoms with Gasteiger partial charge in [0.1, 0.15) is 0 Å². The van der Waals surface area contributed by atoms with E-state index in [1.807, 2.05) is 0 Å². The summed E-state index contributed by atoms with van der Waals surface area (Å²) in [5.41, 5.74) is 18.6. The molecule has 1 aromatic heterocycles. The third-order valence-corrected chi connectivity index (χ3v) is 12.1. The van der Waals surface area contributed by atoms with E-state index in [1.54, 1.807) is 0 Å². The third kappa shape index (κ3) is 5.82. The predicted molar refractivity (Wildman–Crippen MR) is 246 cm³/mol. The summed E-state index contributed by atoms with van der Waals surface area (Å²) in [4.78, 5) is 5.12. The van der Waals surface area contributed by atoms with Crippen molar-refractivity contribution in [2.45, 2.75) is 5.41 Å². The maximum absolute atomic E-state index is 5.12. The highest BCUT2D eigenvalue weighted by Crippen LogP contribution is 2.60. The molecule has 11 rings (SSSR count). The van der Waals surface area contributed by atoms with Gasteiger partial charge in [-0.3, -0.25) is 0 Å². The summed E-state index contributed by atoms with van der Waals surface area (Å²) >= 11 is 0. The third-order valence-electron chi connectivity index (χ3n) is 12.1. The van der Waals surface area contributed by atoms with Crippen LogP contribution in [0.2, 0.25) is 0 Å². The highest BCUT2D eigenvalue weighted by atomic mass is 14.7. The average Bonchev–Trinajstić information content (AvgIpc) is 3.65. The molecule has 0 radical (unpaired) electrons. The average molecular weight is 750 g/mol. The highest BCUT2D eigenvalue weighted by molar-refractivity contribution is 6.06. The van der Waals surface area contributed by atoms with Gasteiger partial charge in [0.2, 0.25) is 0 Å². The number of aromatic nitrogens is 1. The molecule has 0 spiro atoms. The monoisotopic (exact) mass is 749 g/mol. The van der Waals surface area contributed by atoms with E-state index in [-0.39, 0.29) is 0 Å². The van der Waals surface area contributed by atoms with E-state index < -0.39 is 5.41 Å². The van der Waals surface area contributed by atoms with E-state index in [1.165, 1.54) is 66.4 Å². The number of hydrogen-bond acceptors (Lipinski definition) is 1. The van der Waals surface area contributed by atoms with Gasteiger partial charge in [0, 0.05) is 11.1 Å². The van der Waals surface area contributed by atoms with Gasteiger partial charge in [-0.15, -0.1) is 0 Å². The molecule has 0 N–H and O–H groups in total. The van der Waals surface area contributed by atoms with Crippen molar-refractivity contribution in [2.75, 3.05) is 0 Å². The van der Waals surface area contributed by atoms with Crippen LogP contribution in [-0.4, -0.2) is 4.98 Å². The van der Waals surface area contributed by atoms with E-state index in [4.69, 9.17) is 4.98 Å². The van der Waals surface area contributed by atoms with Crippen LogP contribution in [0.15, 0.2) is 237 Å². The van der Waals surface area contributed by atoms with Crippen LogP contribution in [0, 0.1) is 0 Å². The Bertz CT molecular complexity index is 3020. The molecule has 0 aliphatic heterocycles. The van der Waals surface area contributed by atoms with Crippen LogP contribution < -0.4 is 0 Å². The van der Waals surface area contributed by atoms with Crippen molar-refractivity contribution in [2.24, 2.45) is 0 Å². The van der Waals surface area contributed by atoms with Crippen molar-refractivity contribution in [3.63, 3.8) is 0 Å². The van der Waals surface area contributed by atoms with Crippen LogP contribution in [0.5, 0.6) is 0 Å². The molecule has 59 heavy (non-hydrogen) atoms. The molecular weight excluding hydrogens is 711 g/mol. The Morgan fingerprint density at radius 1 is 0.305 bits per heavy atom. The molecule has 1 aliphatic rings. The highest BCUT2D eigenvalue weighted by Gasteiger charge is 2.48. The normalized spacial score (nSPS) is 12.5. The lowest BCUT2D eigenvalue weighted by Gasteiger charge is -2.35. The quantitative estimate of drug-likeness (QED) is 0.158. The second-order valence-electron chi connectivity index (χ2n) is 15.4. The summed E-state index contributed by atoms with van der Waals surface area (Å²) in [5, 5.41) is 2.52. The van der Waals surface area contributed by atoms with Gasteiger partial charge in [-0.25, -0.2) is 4.98 Å². The minimum absolute atomic E-state index is 0.488. The van der Waals surface area contributed by atoms with Crippen LogP contribution in [0.3, 0.4) is 0 Å². The van der Waals surface area contributed by atoms with Gasteiger partial charge in [-0.05, 0) is 102 Å². The zero-order chi connectivity index (χ0) is 39.2. The first-order chi connectivity index (χ1) is 29.3. The maximum atomic E-state index is 5.12. The van der Waals surface area contributed by atoms with Crippen LogP contribution in [-0.2, 0) is 5.41 Å². The van der Waals surface area contributed by atoms with Gasteiger partial charge in [0.15, 0.2) is 0 Å². The maximum Gasteiger partial charge on any atom is 0.0719 e. The standard InChI is InChI=1S/C58H39N/c1-5-18-42(19-6-1)54-38-47(39-55(59-54)43-20-7-2-8-21-43)45-24-17-23-44(36-45)40-32-34-41(35-33-40)52-37-46-22-13-14-29-50(46)57-56(52)51-30-15-16-31-53(51)58(57,48-25-9-3-10-26-48)49-27-11-4-12-28-49/h1-39H. The van der Waals surface area contributed by atoms with Gasteiger partial charge in [-0.1, -0.05) is 212 Å². The van der Waals surface area contributed by atoms with E-state index in [0.717, 1.165) is 33.6 Å². The molecule has 1 heteroatoms. The first-order valence-corrected chi connectivity index (χ1v) is 20.4. The molecule has 0 saturated heterocycles. The summed E-state index contributed by atoms with van der Waals surface area (Å²) in [6.07, 6.45) is 0. The van der Waals surface area contributed by atoms with Crippen molar-refractivity contribution in [3.8, 4) is 67.0 Å². The zero-order valence-corrected chi connectivity index (χ0v) is 32.5. The van der Waals surface area contributed by atoms with Crippen molar-refractivity contribution in [1.82, 2.24) is 4.98 Å². The van der Waals surface area contributed by atoms with Crippen molar-refractivity contribution in [1.29, 1.82) is 0 Å². The van der Waals surface area contributed by atoms with E-state index in [9.17, 15) is 0 Å². The molecule has 0 bridgehead atoms. The Morgan fingerprint density at radius 3 is 1.42 bits per heavy atom. The van der Waals surface area contributed by atoms with Crippen molar-refractivity contribution < 1.29 is 0 Å². The Labute approximate surface area is 345 Å². The summed E-state index contributed by atoms with van der Waals surface area (Å²) in [7, 11) is 0. The Hall–Kier alpha value is -7.61. The predicted octanol–water partition coefficient (Wildman–Crippen LogP) is 14.9. The molecule has 1 nitrogen and oxygen atoms in total. The number of benzene rings is 9. The van der Waals surface area contributed by atoms with E-state index >= 15 is 0 Å². The lowest BCUT2D eigenvalue weighted by molar-refractivity contribution is 0.775. The molecule has 0 atom stereocenters. The largest absolute Gasteiger partial charge is 0.248 e. The summed E-state index contributed by atoms with van der Waals surface area (Å²) in [6.45, 7) is 0. The second-order valence-corrected chi connectivity index (χ2v) is 15.4. The molecule has 0 fully saturated rings. The van der Waals surface area contributed by atoms with Crippen molar-refractivity contribution in [3.05, 3.63) is 259 Å². The fraction of sp³-hybridized carbons (Fsp3) is 0.0172. The number of hydrogen-bond donors (Lipinski definition) is 0. The van der Waals surface area contributed by atoms with Crippen LogP contribution in [0.4, 0.5) is 0 Å². The summed E-state index contributed by atoms with van der Waals surface area (Å²) in [6, 6.07) is 86.0. The Morgan fingerprint density at radius 2 is 0.797 bits per heavy atom. The Balaban J connectivity index is 1.06. The van der Waals surface area contributed by atoms with Gasteiger partial charge < -0.3 is 0 Å². The zero-order valence-electron chi connectivity index (χ0n) is 32.5. The minimum Gasteiger partial charge on any atom is -0.248 e. The van der Waals surface area contributed by atoms with E-state index in [0.29, 0.717) is 0 Å². The van der Waals surface area contributed by atoms with Gasteiger partial charge in [0.05, 0.1) is 16.8 Å². The molecular formula is C58H39N. The number of rotatable bonds is 7. The smallest absolute Gasteiger partial charge is 0.0719 e. The summed E-state index contributed by atoms with van der Waals surface area (Å²) < 4.78 is 0. The second kappa shape index (κ2) is 14.4. The topological polar surface area (TPSA) is 12.9 Å². The molecule has 0 unspecified atom stereocenters. The summed E-state index contributed by atoms with van der Waals surface area (Å²) in [5.74, 6) is 0. The van der Waals surface area contributed by atoms with E-state index in [2.05, 4.69) is 237 Å². The number of pyridine rings is 1. The Kier molecular flexibility index (Phi) is 8.45. The fourth-order valence-corrected chi connectivity index (χ4v) is 9.48. The molecule has 0 saturated carbocycles. The van der Waals surface area contributed by atoms with Crippen LogP contribution >= 0.6 is 0 Å². The SMILES string of the molecule is c1ccc(-c2cc(-c3cccc(-c4ccc(-c5cc6ccccc6c6c5-c5ccccc5C6(c5ccccc5)c5ccccc5)cc4)c3)cc(-c3ccccc3)n2)cc1. The van der Waals surface area contributed by atoms with Crippen LogP contribution in [0.1, 0.15) is 22.3 Å². The fourth-order valence-electron chi connectivity index (χ4n) is 9.48. The molecule has 9 aromatic carbocycles. The lowest BCUT2D eigenvalue weighted by atomic mass is 9.66. The first kappa shape index (κ1) is 34.6. The van der Waals surface area contributed by atoms with Crippen LogP contribution in [0.25, 0.3) is 77.8 Å². The molecule has 1 aliphatic carbocycles. The van der Waals surface area contributed by atoms with Gasteiger partial charge >= 0.3 is 0 Å². The molecule has 276 valence electrons. The number of nitrogens with zero attached hydrogens (tertiary/aromatic N) is 1. The van der Waals surface area contributed by atoms with Crippen molar-refractivity contribution >= 4 is 10.8 Å². The van der Waals surface area contributed by atoms with Gasteiger partial charge in [-0.2, -0.15) is 0 Å². The first-order valence-electron chi connectivity index (χ1n) is 20.4.